The first-order chi connectivity index (χ1) is 28.0. The molecule has 0 unspecified atom stereocenters. The van der Waals surface area contributed by atoms with Crippen LogP contribution < -0.4 is 16.0 Å². The number of hydrogen-bond acceptors (Lipinski definition) is 10. The van der Waals surface area contributed by atoms with Crippen LogP contribution in [0.15, 0.2) is 48.5 Å². The number of rotatable bonds is 7. The second-order valence-corrected chi connectivity index (χ2v) is 16.9. The molecule has 4 heterocycles. The van der Waals surface area contributed by atoms with Crippen molar-refractivity contribution in [3.05, 3.63) is 70.8 Å². The number of aliphatic hydroxyl groups is 1. The number of nitrogens with zero attached hydrogens (tertiary/aromatic N) is 4. The number of aryl methyl sites for hydroxylation is 2. The Balaban J connectivity index is 1.35. The molecule has 9 atom stereocenters. The molecule has 6 rings (SSSR count). The molecule has 2 aromatic rings. The van der Waals surface area contributed by atoms with Gasteiger partial charge in [-0.3, -0.25) is 28.8 Å². The van der Waals surface area contributed by atoms with E-state index in [2.05, 4.69) is 16.0 Å². The number of nitrogens with one attached hydrogen (secondary N) is 3. The molecule has 0 saturated carbocycles. The minimum Gasteiger partial charge on any atom is -0.458 e. The van der Waals surface area contributed by atoms with Crippen LogP contribution in [-0.4, -0.2) is 154 Å². The summed E-state index contributed by atoms with van der Waals surface area (Å²) in [7, 11) is 1.81. The van der Waals surface area contributed by atoms with Crippen molar-refractivity contribution in [2.24, 2.45) is 5.92 Å². The zero-order chi connectivity index (χ0) is 42.7. The SMILES string of the molecule is Cc1ccc(CC(=O)N[C@@H](Cc2cccc(C)c2)C(=O)N[C@@H]2C(=O)N3C[C@H](O)C[C@H]3C(=O)N3CCN(C)C[C@H]3C(=O)N[C@@H](C)C(=O)N3C[C@H](C)C[C@H]3C(=O)O[C@H]2C)cc1. The van der Waals surface area contributed by atoms with Gasteiger partial charge >= 0.3 is 5.97 Å². The van der Waals surface area contributed by atoms with Gasteiger partial charge in [-0.2, -0.15) is 0 Å². The van der Waals surface area contributed by atoms with E-state index >= 15 is 0 Å². The predicted molar refractivity (Wildman–Crippen MR) is 215 cm³/mol. The molecule has 2 aromatic carbocycles. The standard InChI is InChI=1S/C43H57N7O9/c1-24-10-12-29(13-11-24)19-36(52)45-32(18-30-9-7-8-25(2)16-30)38(53)46-37-28(5)59-43(58)34-17-26(3)21-49(34)40(55)27(4)44-39(54)35-23-47(6)14-15-48(35)41(56)33-20-31(51)22-50(33)42(37)57/h7-13,16,26-28,31-35,37,51H,14-15,17-23H2,1-6H3,(H,44,54)(H,45,52)(H,46,53)/t26-,27+,28+,31-,32+,33+,34+,35+,37+/m1/s1. The first-order valence-electron chi connectivity index (χ1n) is 20.5. The van der Waals surface area contributed by atoms with Gasteiger partial charge in [0.25, 0.3) is 0 Å². The highest BCUT2D eigenvalue weighted by atomic mass is 16.5. The molecule has 0 aromatic heterocycles. The number of likely N-dealkylation sites (N-methyl/N-ethyl adjacent to an activating group) is 1. The lowest BCUT2D eigenvalue weighted by Crippen LogP contribution is -2.65. The van der Waals surface area contributed by atoms with Crippen molar-refractivity contribution in [1.82, 2.24) is 35.6 Å². The highest BCUT2D eigenvalue weighted by molar-refractivity contribution is 5.98. The van der Waals surface area contributed by atoms with E-state index in [4.69, 9.17) is 4.74 Å². The molecule has 59 heavy (non-hydrogen) atoms. The largest absolute Gasteiger partial charge is 0.458 e. The van der Waals surface area contributed by atoms with Crippen LogP contribution >= 0.6 is 0 Å². The summed E-state index contributed by atoms with van der Waals surface area (Å²) in [5, 5.41) is 19.3. The van der Waals surface area contributed by atoms with E-state index in [-0.39, 0.29) is 57.8 Å². The highest BCUT2D eigenvalue weighted by Crippen LogP contribution is 2.28. The monoisotopic (exact) mass is 815 g/mol. The Hall–Kier alpha value is -5.35. The lowest BCUT2D eigenvalue weighted by molar-refractivity contribution is -0.163. The summed E-state index contributed by atoms with van der Waals surface area (Å²) in [5.74, 6) is -4.50. The van der Waals surface area contributed by atoms with Gasteiger partial charge in [-0.1, -0.05) is 66.6 Å². The average molecular weight is 816 g/mol. The van der Waals surface area contributed by atoms with Gasteiger partial charge in [0.1, 0.15) is 42.4 Å². The van der Waals surface area contributed by atoms with Crippen LogP contribution in [0.3, 0.4) is 0 Å². The Kier molecular flexibility index (Phi) is 13.4. The average Bonchev–Trinajstić information content (AvgIpc) is 3.78. The number of ether oxygens (including phenoxy) is 1. The van der Waals surface area contributed by atoms with Crippen LogP contribution in [0.2, 0.25) is 0 Å². The number of carbonyl (C=O) groups excluding carboxylic acids is 7. The smallest absolute Gasteiger partial charge is 0.329 e. The van der Waals surface area contributed by atoms with Crippen LogP contribution in [0.4, 0.5) is 0 Å². The van der Waals surface area contributed by atoms with Gasteiger partial charge in [-0.25, -0.2) is 4.79 Å². The normalized spacial score (nSPS) is 28.9. The molecule has 0 bridgehead atoms. The zero-order valence-electron chi connectivity index (χ0n) is 34.7. The van der Waals surface area contributed by atoms with Gasteiger partial charge in [0.15, 0.2) is 0 Å². The number of aliphatic hydroxyl groups excluding tert-OH is 1. The van der Waals surface area contributed by atoms with E-state index in [0.29, 0.717) is 6.54 Å². The third-order valence-corrected chi connectivity index (χ3v) is 11.8. The van der Waals surface area contributed by atoms with E-state index in [9.17, 15) is 38.7 Å². The Labute approximate surface area is 345 Å². The molecule has 0 radical (unpaired) electrons. The second kappa shape index (κ2) is 18.3. The lowest BCUT2D eigenvalue weighted by Gasteiger charge is -2.42. The molecule has 16 nitrogen and oxygen atoms in total. The van der Waals surface area contributed by atoms with Crippen LogP contribution in [0, 0.1) is 19.8 Å². The highest BCUT2D eigenvalue weighted by Gasteiger charge is 2.49. The summed E-state index contributed by atoms with van der Waals surface area (Å²) in [4.78, 5) is 105. The maximum atomic E-state index is 14.8. The van der Waals surface area contributed by atoms with Gasteiger partial charge in [0, 0.05) is 45.6 Å². The summed E-state index contributed by atoms with van der Waals surface area (Å²) in [6.07, 6.45) is -2.24. The summed E-state index contributed by atoms with van der Waals surface area (Å²) in [6, 6.07) is 7.83. The molecule has 4 aliphatic heterocycles. The number of fused-ring (bicyclic) bond motifs is 3. The molecule has 318 valence electrons. The topological polar surface area (TPSA) is 198 Å². The maximum Gasteiger partial charge on any atom is 0.329 e. The predicted octanol–water partition coefficient (Wildman–Crippen LogP) is -0.150. The Morgan fingerprint density at radius 3 is 2.24 bits per heavy atom. The summed E-state index contributed by atoms with van der Waals surface area (Å²) >= 11 is 0. The summed E-state index contributed by atoms with van der Waals surface area (Å²) in [6.45, 7) is 9.41. The van der Waals surface area contributed by atoms with Gasteiger partial charge < -0.3 is 45.4 Å². The number of cyclic esters (lactones) is 1. The third kappa shape index (κ3) is 10.1. The van der Waals surface area contributed by atoms with Gasteiger partial charge in [0.2, 0.25) is 35.4 Å². The summed E-state index contributed by atoms with van der Waals surface area (Å²) in [5.41, 5.74) is 3.45. The lowest BCUT2D eigenvalue weighted by atomic mass is 10.0. The molecule has 6 amide bonds. The van der Waals surface area contributed by atoms with Gasteiger partial charge in [0.05, 0.1) is 12.5 Å². The summed E-state index contributed by atoms with van der Waals surface area (Å²) < 4.78 is 5.95. The fourth-order valence-electron chi connectivity index (χ4n) is 8.59. The van der Waals surface area contributed by atoms with Crippen LogP contribution in [-0.2, 0) is 51.1 Å². The van der Waals surface area contributed by atoms with E-state index in [1.54, 1.807) is 0 Å². The second-order valence-electron chi connectivity index (χ2n) is 16.9. The van der Waals surface area contributed by atoms with Crippen LogP contribution in [0.25, 0.3) is 0 Å². The van der Waals surface area contributed by atoms with Gasteiger partial charge in [-0.15, -0.1) is 0 Å². The quantitative estimate of drug-likeness (QED) is 0.273. The van der Waals surface area contributed by atoms with Crippen LogP contribution in [0.5, 0.6) is 0 Å². The maximum absolute atomic E-state index is 14.8. The minimum atomic E-state index is -1.58. The van der Waals surface area contributed by atoms with E-state index in [0.717, 1.165) is 22.3 Å². The number of carbonyl (C=O) groups is 7. The number of piperazine rings is 1. The Bertz CT molecular complexity index is 1940. The first-order valence-corrected chi connectivity index (χ1v) is 20.5. The Morgan fingerprint density at radius 2 is 1.53 bits per heavy atom. The van der Waals surface area contributed by atoms with E-state index in [1.165, 1.54) is 28.5 Å². The van der Waals surface area contributed by atoms with Crippen molar-refractivity contribution >= 4 is 41.4 Å². The third-order valence-electron chi connectivity index (χ3n) is 11.8. The Morgan fingerprint density at radius 1 is 0.814 bits per heavy atom. The van der Waals surface area contributed by atoms with Crippen LogP contribution in [0.1, 0.15) is 55.9 Å². The van der Waals surface area contributed by atoms with Crippen molar-refractivity contribution in [2.45, 2.75) is 109 Å². The molecule has 4 N–H and O–H groups in total. The minimum absolute atomic E-state index is 0.0112. The van der Waals surface area contributed by atoms with Crippen molar-refractivity contribution in [2.75, 3.05) is 39.8 Å². The molecule has 0 aliphatic carbocycles. The number of esters is 1. The molecule has 16 heteroatoms. The fraction of sp³-hybridized carbons (Fsp3) is 0.558. The number of benzene rings is 2. The first kappa shape index (κ1) is 43.2. The molecule has 4 aliphatic rings. The molecule has 4 fully saturated rings. The van der Waals surface area contributed by atoms with Crippen molar-refractivity contribution < 1.29 is 43.4 Å². The number of hydrogen-bond donors (Lipinski definition) is 4. The zero-order valence-corrected chi connectivity index (χ0v) is 34.7. The molecule has 4 saturated heterocycles. The number of amides is 6. The van der Waals surface area contributed by atoms with Crippen molar-refractivity contribution in [3.63, 3.8) is 0 Å². The van der Waals surface area contributed by atoms with Crippen molar-refractivity contribution in [3.8, 4) is 0 Å². The fourth-order valence-corrected chi connectivity index (χ4v) is 8.59. The van der Waals surface area contributed by atoms with Gasteiger partial charge in [-0.05, 0) is 58.2 Å². The molecule has 0 spiro atoms. The molecular weight excluding hydrogens is 759 g/mol. The van der Waals surface area contributed by atoms with E-state index in [1.807, 2.05) is 81.2 Å². The molecular formula is C43H57N7O9. The van der Waals surface area contributed by atoms with E-state index < -0.39 is 89.9 Å². The van der Waals surface area contributed by atoms with Crippen molar-refractivity contribution in [1.29, 1.82) is 0 Å².